The Morgan fingerprint density at radius 2 is 1.70 bits per heavy atom. The number of nitrogens with two attached hydrogens (primary N) is 1. The van der Waals surface area contributed by atoms with E-state index in [0.717, 1.165) is 12.8 Å². The smallest absolute Gasteiger partial charge is 0.261 e. The maximum Gasteiger partial charge on any atom is 0.261 e. The van der Waals surface area contributed by atoms with Crippen LogP contribution in [0.5, 0.6) is 0 Å². The first-order chi connectivity index (χ1) is 10.4. The van der Waals surface area contributed by atoms with Crippen molar-refractivity contribution < 1.29 is 12.6 Å². The SMILES string of the molecule is CC(CS(=O)(=O)N=S(=O)(c1ccc(N)cc1)C1CC1)[Si](C)(C)C. The Morgan fingerprint density at radius 3 is 2.13 bits per heavy atom. The molecule has 1 fully saturated rings. The molecule has 1 aliphatic carbocycles. The zero-order chi connectivity index (χ0) is 17.5. The van der Waals surface area contributed by atoms with E-state index in [9.17, 15) is 12.6 Å². The third-order valence-electron chi connectivity index (χ3n) is 4.36. The van der Waals surface area contributed by atoms with Crippen LogP contribution >= 0.6 is 0 Å². The summed E-state index contributed by atoms with van der Waals surface area (Å²) >= 11 is 0. The molecule has 0 heterocycles. The predicted molar refractivity (Wildman–Crippen MR) is 99.3 cm³/mol. The van der Waals surface area contributed by atoms with Crippen molar-refractivity contribution in [3.63, 3.8) is 0 Å². The fraction of sp³-hybridized carbons (Fsp3) is 0.600. The van der Waals surface area contributed by atoms with Crippen LogP contribution < -0.4 is 5.73 Å². The van der Waals surface area contributed by atoms with Crippen molar-refractivity contribution in [3.05, 3.63) is 24.3 Å². The van der Waals surface area contributed by atoms with Gasteiger partial charge >= 0.3 is 0 Å². The summed E-state index contributed by atoms with van der Waals surface area (Å²) in [4.78, 5) is 0.471. The Kier molecular flexibility index (Phi) is 4.99. The molecule has 0 bridgehead atoms. The van der Waals surface area contributed by atoms with Crippen molar-refractivity contribution in [3.8, 4) is 0 Å². The monoisotopic (exact) mass is 374 g/mol. The molecule has 130 valence electrons. The van der Waals surface area contributed by atoms with Crippen molar-refractivity contribution in [2.75, 3.05) is 11.5 Å². The molecule has 5 nitrogen and oxygen atoms in total. The van der Waals surface area contributed by atoms with Crippen LogP contribution in [-0.4, -0.2) is 31.7 Å². The molecule has 0 saturated heterocycles. The summed E-state index contributed by atoms with van der Waals surface area (Å²) in [7, 11) is -8.27. The molecule has 1 aliphatic rings. The normalized spacial score (nSPS) is 19.8. The molecule has 2 N–H and O–H groups in total. The predicted octanol–water partition coefficient (Wildman–Crippen LogP) is 3.32. The van der Waals surface area contributed by atoms with Crippen LogP contribution in [0.1, 0.15) is 19.8 Å². The molecule has 0 spiro atoms. The Balaban J connectivity index is 2.43. The highest BCUT2D eigenvalue weighted by Gasteiger charge is 2.37. The van der Waals surface area contributed by atoms with E-state index in [2.05, 4.69) is 23.4 Å². The molecule has 1 aromatic rings. The molecule has 0 radical (unpaired) electrons. The van der Waals surface area contributed by atoms with Gasteiger partial charge in [0.25, 0.3) is 10.0 Å². The minimum atomic E-state index is -3.73. The first kappa shape index (κ1) is 18.5. The molecule has 8 heteroatoms. The second-order valence-corrected chi connectivity index (χ2v) is 17.5. The Labute approximate surface area is 140 Å². The largest absolute Gasteiger partial charge is 0.399 e. The summed E-state index contributed by atoms with van der Waals surface area (Å²) in [6.07, 6.45) is 1.51. The second kappa shape index (κ2) is 6.21. The third kappa shape index (κ3) is 4.57. The number of anilines is 1. The Bertz CT molecular complexity index is 785. The lowest BCUT2D eigenvalue weighted by Crippen LogP contribution is -2.31. The van der Waals surface area contributed by atoms with Gasteiger partial charge in [0.15, 0.2) is 0 Å². The van der Waals surface area contributed by atoms with Gasteiger partial charge < -0.3 is 5.73 Å². The minimum Gasteiger partial charge on any atom is -0.399 e. The van der Waals surface area contributed by atoms with Gasteiger partial charge in [0, 0.05) is 23.9 Å². The summed E-state index contributed by atoms with van der Waals surface area (Å²) in [5, 5.41) is -0.164. The van der Waals surface area contributed by atoms with E-state index in [1.54, 1.807) is 24.3 Å². The summed E-state index contributed by atoms with van der Waals surface area (Å²) in [5.41, 5.74) is 6.28. The van der Waals surface area contributed by atoms with Crippen molar-refractivity contribution in [2.24, 2.45) is 3.77 Å². The van der Waals surface area contributed by atoms with Crippen LogP contribution in [-0.2, 0) is 19.8 Å². The number of sulfonamides is 1. The van der Waals surface area contributed by atoms with Crippen LogP contribution in [0.3, 0.4) is 0 Å². The number of nitrogens with zero attached hydrogens (tertiary/aromatic N) is 1. The van der Waals surface area contributed by atoms with Gasteiger partial charge in [0.2, 0.25) is 0 Å². The maximum absolute atomic E-state index is 13.3. The number of nitrogen functional groups attached to an aromatic ring is 1. The quantitative estimate of drug-likeness (QED) is 0.611. The highest BCUT2D eigenvalue weighted by Crippen LogP contribution is 2.37. The first-order valence-electron chi connectivity index (χ1n) is 7.79. The van der Waals surface area contributed by atoms with Gasteiger partial charge in [-0.1, -0.05) is 26.6 Å². The van der Waals surface area contributed by atoms with Gasteiger partial charge in [0.1, 0.15) is 0 Å². The molecule has 1 saturated carbocycles. The number of benzene rings is 1. The van der Waals surface area contributed by atoms with E-state index in [4.69, 9.17) is 5.73 Å². The van der Waals surface area contributed by atoms with Gasteiger partial charge in [-0.25, -0.2) is 12.6 Å². The first-order valence-corrected chi connectivity index (χ1v) is 14.6. The minimum absolute atomic E-state index is 0.0264. The molecule has 0 amide bonds. The lowest BCUT2D eigenvalue weighted by Gasteiger charge is -2.24. The highest BCUT2D eigenvalue weighted by atomic mass is 32.3. The van der Waals surface area contributed by atoms with Crippen LogP contribution in [0.15, 0.2) is 32.9 Å². The van der Waals surface area contributed by atoms with Gasteiger partial charge in [0.05, 0.1) is 15.5 Å². The molecule has 1 aromatic carbocycles. The second-order valence-electron chi connectivity index (χ2n) is 7.43. The summed E-state index contributed by atoms with van der Waals surface area (Å²) in [6.45, 7) is 8.34. The average Bonchev–Trinajstić information content (AvgIpc) is 3.21. The molecule has 23 heavy (non-hydrogen) atoms. The summed E-state index contributed by atoms with van der Waals surface area (Å²) in [6, 6.07) is 6.56. The van der Waals surface area contributed by atoms with Crippen LogP contribution in [0.4, 0.5) is 5.69 Å². The molecule has 2 unspecified atom stereocenters. The topological polar surface area (TPSA) is 89.6 Å². The lowest BCUT2D eigenvalue weighted by atomic mass is 10.3. The Hall–Kier alpha value is -0.863. The van der Waals surface area contributed by atoms with E-state index >= 15 is 0 Å². The molecule has 0 aromatic heterocycles. The molecular weight excluding hydrogens is 348 g/mol. The van der Waals surface area contributed by atoms with Gasteiger partial charge in [-0.3, -0.25) is 0 Å². The maximum atomic E-state index is 13.3. The summed E-state index contributed by atoms with van der Waals surface area (Å²) < 4.78 is 42.3. The number of hydrogen-bond donors (Lipinski definition) is 1. The van der Waals surface area contributed by atoms with Crippen molar-refractivity contribution in [1.29, 1.82) is 0 Å². The Morgan fingerprint density at radius 1 is 1.17 bits per heavy atom. The number of hydrogen-bond acceptors (Lipinski definition) is 4. The summed E-state index contributed by atoms with van der Waals surface area (Å²) in [5.74, 6) is -0.0264. The molecule has 2 rings (SSSR count). The van der Waals surface area contributed by atoms with E-state index < -0.39 is 27.8 Å². The van der Waals surface area contributed by atoms with Crippen LogP contribution in [0, 0.1) is 0 Å². The van der Waals surface area contributed by atoms with Crippen molar-refractivity contribution in [2.45, 2.75) is 55.1 Å². The fourth-order valence-corrected chi connectivity index (χ4v) is 9.49. The van der Waals surface area contributed by atoms with Gasteiger partial charge in [-0.2, -0.15) is 0 Å². The van der Waals surface area contributed by atoms with Crippen LogP contribution in [0.25, 0.3) is 0 Å². The van der Waals surface area contributed by atoms with E-state index in [-0.39, 0.29) is 16.5 Å². The van der Waals surface area contributed by atoms with Crippen LogP contribution in [0.2, 0.25) is 25.2 Å². The van der Waals surface area contributed by atoms with Gasteiger partial charge in [-0.05, 0) is 42.6 Å². The average molecular weight is 375 g/mol. The fourth-order valence-electron chi connectivity index (χ4n) is 2.11. The highest BCUT2D eigenvalue weighted by molar-refractivity contribution is 8.03. The van der Waals surface area contributed by atoms with E-state index in [1.807, 2.05) is 6.92 Å². The van der Waals surface area contributed by atoms with Crippen molar-refractivity contribution >= 4 is 33.5 Å². The molecule has 0 aliphatic heterocycles. The molecule has 2 atom stereocenters. The zero-order valence-corrected chi connectivity index (χ0v) is 16.8. The zero-order valence-electron chi connectivity index (χ0n) is 14.2. The van der Waals surface area contributed by atoms with Crippen molar-refractivity contribution in [1.82, 2.24) is 0 Å². The van der Waals surface area contributed by atoms with Gasteiger partial charge in [-0.15, -0.1) is 3.77 Å². The number of rotatable bonds is 6. The standard InChI is InChI=1S/C15H26N2O3S2Si/c1-12(23(2,3)4)11-21(18,19)17-22(20,15-9-10-15)14-7-5-13(16)6-8-14/h5-8,12,15H,9-11,16H2,1-4H3. The third-order valence-corrected chi connectivity index (χ3v) is 12.9. The van der Waals surface area contributed by atoms with E-state index in [0.29, 0.717) is 10.6 Å². The van der Waals surface area contributed by atoms with E-state index in [1.165, 1.54) is 0 Å². The lowest BCUT2D eigenvalue weighted by molar-refractivity contribution is 0.596. The molecular formula is C15H26N2O3S2Si.